The zero-order valence-electron chi connectivity index (χ0n) is 19.7. The fourth-order valence-electron chi connectivity index (χ4n) is 5.50. The molecule has 0 aromatic heterocycles. The molecular weight excluding hydrogens is 432 g/mol. The van der Waals surface area contributed by atoms with Gasteiger partial charge >= 0.3 is 12.1 Å². The second-order valence-electron chi connectivity index (χ2n) is 9.22. The van der Waals surface area contributed by atoms with E-state index in [1.54, 1.807) is 14.0 Å². The van der Waals surface area contributed by atoms with Crippen molar-refractivity contribution in [3.8, 4) is 11.1 Å². The number of fused-ring (bicyclic) bond motifs is 3. The fourth-order valence-corrected chi connectivity index (χ4v) is 5.50. The third-order valence-electron chi connectivity index (χ3n) is 7.32. The average molecular weight is 465 g/mol. The van der Waals surface area contributed by atoms with Gasteiger partial charge in [-0.05, 0) is 47.4 Å². The Balaban J connectivity index is 1.33. The fraction of sp³-hybridized carbons (Fsp3) is 0.444. The van der Waals surface area contributed by atoms with Gasteiger partial charge in [0.25, 0.3) is 0 Å². The number of ether oxygens (including phenoxy) is 1. The van der Waals surface area contributed by atoms with Crippen molar-refractivity contribution in [3.05, 3.63) is 59.7 Å². The highest BCUT2D eigenvalue weighted by Gasteiger charge is 2.38. The van der Waals surface area contributed by atoms with E-state index in [4.69, 9.17) is 4.74 Å². The second-order valence-corrected chi connectivity index (χ2v) is 9.22. The normalized spacial score (nSPS) is 19.7. The van der Waals surface area contributed by atoms with Crippen molar-refractivity contribution in [3.63, 3.8) is 0 Å². The van der Waals surface area contributed by atoms with Gasteiger partial charge in [-0.2, -0.15) is 0 Å². The molecule has 34 heavy (non-hydrogen) atoms. The Bertz CT molecular complexity index is 1020. The molecule has 0 spiro atoms. The molecule has 7 nitrogen and oxygen atoms in total. The van der Waals surface area contributed by atoms with Crippen molar-refractivity contribution in [2.24, 2.45) is 11.8 Å². The third kappa shape index (κ3) is 4.65. The van der Waals surface area contributed by atoms with Crippen LogP contribution in [0.15, 0.2) is 48.5 Å². The molecule has 0 saturated heterocycles. The Morgan fingerprint density at radius 3 is 2.26 bits per heavy atom. The molecule has 2 aromatic carbocycles. The maximum Gasteiger partial charge on any atom is 0.407 e. The molecule has 2 aromatic rings. The number of carbonyl (C=O) groups is 3. The van der Waals surface area contributed by atoms with E-state index in [1.807, 2.05) is 24.3 Å². The smallest absolute Gasteiger partial charge is 0.407 e. The van der Waals surface area contributed by atoms with Crippen LogP contribution in [-0.2, 0) is 14.3 Å². The van der Waals surface area contributed by atoms with Crippen LogP contribution in [0, 0.1) is 11.8 Å². The monoisotopic (exact) mass is 464 g/mol. The summed E-state index contributed by atoms with van der Waals surface area (Å²) >= 11 is 0. The van der Waals surface area contributed by atoms with Gasteiger partial charge in [-0.1, -0.05) is 61.9 Å². The van der Waals surface area contributed by atoms with Gasteiger partial charge in [-0.3, -0.25) is 4.79 Å². The molecule has 2 aliphatic rings. The summed E-state index contributed by atoms with van der Waals surface area (Å²) in [6, 6.07) is 15.5. The first-order valence-corrected chi connectivity index (χ1v) is 12.0. The highest BCUT2D eigenvalue weighted by Crippen LogP contribution is 2.44. The van der Waals surface area contributed by atoms with E-state index >= 15 is 0 Å². The first-order chi connectivity index (χ1) is 16.4. The molecule has 0 bridgehead atoms. The van der Waals surface area contributed by atoms with E-state index < -0.39 is 18.1 Å². The van der Waals surface area contributed by atoms with Crippen molar-refractivity contribution in [1.82, 2.24) is 10.2 Å². The number of alkyl carbamates (subject to hydrolysis) is 1. The first-order valence-electron chi connectivity index (χ1n) is 12.0. The van der Waals surface area contributed by atoms with Crippen LogP contribution in [0.2, 0.25) is 0 Å². The Morgan fingerprint density at radius 1 is 1.06 bits per heavy atom. The summed E-state index contributed by atoms with van der Waals surface area (Å²) in [7, 11) is 1.55. The number of carboxylic acids is 1. The number of rotatable bonds is 8. The number of likely N-dealkylation sites (N-methyl/N-ethyl adjacent to an activating group) is 1. The maximum absolute atomic E-state index is 13.0. The predicted molar refractivity (Wildman–Crippen MR) is 128 cm³/mol. The van der Waals surface area contributed by atoms with Gasteiger partial charge in [0.1, 0.15) is 12.6 Å². The SMILES string of the molecule is CCC(C(=O)O)N(C)C(=O)[C@H]1CCC[C@H]1CNC(=O)OCC1c2ccccc2-c2ccccc21. The summed E-state index contributed by atoms with van der Waals surface area (Å²) in [4.78, 5) is 38.3. The number of carboxylic acid groups (broad SMARTS) is 1. The zero-order chi connectivity index (χ0) is 24.2. The zero-order valence-corrected chi connectivity index (χ0v) is 19.7. The van der Waals surface area contributed by atoms with Crippen molar-refractivity contribution >= 4 is 18.0 Å². The molecule has 2 aliphatic carbocycles. The topological polar surface area (TPSA) is 95.9 Å². The minimum absolute atomic E-state index is 0.00500. The third-order valence-corrected chi connectivity index (χ3v) is 7.32. The number of nitrogens with zero attached hydrogens (tertiary/aromatic N) is 1. The molecule has 7 heteroatoms. The summed E-state index contributed by atoms with van der Waals surface area (Å²) < 4.78 is 5.61. The van der Waals surface area contributed by atoms with Crippen LogP contribution in [-0.4, -0.2) is 54.2 Å². The van der Waals surface area contributed by atoms with E-state index in [0.717, 1.165) is 24.0 Å². The lowest BCUT2D eigenvalue weighted by molar-refractivity contribution is -0.151. The maximum atomic E-state index is 13.0. The van der Waals surface area contributed by atoms with Crippen LogP contribution in [0.1, 0.15) is 49.7 Å². The Hall–Kier alpha value is -3.35. The van der Waals surface area contributed by atoms with Crippen molar-refractivity contribution in [2.45, 2.75) is 44.6 Å². The van der Waals surface area contributed by atoms with E-state index in [0.29, 0.717) is 19.4 Å². The number of aliphatic carboxylic acids is 1. The van der Waals surface area contributed by atoms with Gasteiger partial charge in [0, 0.05) is 25.4 Å². The van der Waals surface area contributed by atoms with E-state index in [9.17, 15) is 19.5 Å². The van der Waals surface area contributed by atoms with Gasteiger partial charge < -0.3 is 20.1 Å². The van der Waals surface area contributed by atoms with Crippen molar-refractivity contribution in [2.75, 3.05) is 20.2 Å². The minimum Gasteiger partial charge on any atom is -0.480 e. The molecule has 0 heterocycles. The number of amides is 2. The van der Waals surface area contributed by atoms with E-state index in [2.05, 4.69) is 29.6 Å². The Morgan fingerprint density at radius 2 is 1.68 bits per heavy atom. The summed E-state index contributed by atoms with van der Waals surface area (Å²) in [5.41, 5.74) is 4.67. The largest absolute Gasteiger partial charge is 0.480 e. The molecule has 0 aliphatic heterocycles. The molecule has 1 saturated carbocycles. The van der Waals surface area contributed by atoms with Gasteiger partial charge in [0.15, 0.2) is 0 Å². The van der Waals surface area contributed by atoms with Crippen LogP contribution in [0.4, 0.5) is 4.79 Å². The molecule has 180 valence electrons. The van der Waals surface area contributed by atoms with E-state index in [1.165, 1.54) is 16.0 Å². The summed E-state index contributed by atoms with van der Waals surface area (Å²) in [5, 5.41) is 12.2. The van der Waals surface area contributed by atoms with Crippen LogP contribution in [0.25, 0.3) is 11.1 Å². The molecule has 2 amide bonds. The minimum atomic E-state index is -0.996. The first kappa shape index (κ1) is 23.8. The lowest BCUT2D eigenvalue weighted by Crippen LogP contribution is -2.46. The van der Waals surface area contributed by atoms with Crippen molar-refractivity contribution < 1.29 is 24.2 Å². The average Bonchev–Trinajstić information content (AvgIpc) is 3.44. The molecule has 3 atom stereocenters. The van der Waals surface area contributed by atoms with Crippen LogP contribution in [0.3, 0.4) is 0 Å². The lowest BCUT2D eigenvalue weighted by Gasteiger charge is -2.29. The molecule has 1 fully saturated rings. The standard InChI is InChI=1S/C27H32N2O5/c1-3-24(26(31)32)29(2)25(30)18-14-8-9-17(18)15-28-27(33)34-16-23-21-12-6-4-10-19(21)20-11-5-7-13-22(20)23/h4-7,10-13,17-18,23-24H,3,8-9,14-16H2,1-2H3,(H,28,33)(H,31,32)/t17-,18-,24?/m0/s1. The van der Waals surface area contributed by atoms with Crippen molar-refractivity contribution in [1.29, 1.82) is 0 Å². The number of carbonyl (C=O) groups excluding carboxylic acids is 2. The molecule has 1 unspecified atom stereocenters. The number of nitrogens with one attached hydrogen (secondary N) is 1. The molecular formula is C27H32N2O5. The van der Waals surface area contributed by atoms with Gasteiger partial charge in [-0.15, -0.1) is 0 Å². The molecule has 4 rings (SSSR count). The Kier molecular flexibility index (Phi) is 7.20. The predicted octanol–water partition coefficient (Wildman–Crippen LogP) is 4.26. The molecule has 2 N–H and O–H groups in total. The quantitative estimate of drug-likeness (QED) is 0.609. The van der Waals surface area contributed by atoms with Gasteiger partial charge in [0.05, 0.1) is 0 Å². The van der Waals surface area contributed by atoms with E-state index in [-0.39, 0.29) is 30.3 Å². The highest BCUT2D eigenvalue weighted by atomic mass is 16.5. The highest BCUT2D eigenvalue weighted by molar-refractivity contribution is 5.85. The summed E-state index contributed by atoms with van der Waals surface area (Å²) in [6.07, 6.45) is 2.26. The molecule has 0 radical (unpaired) electrons. The number of hydrogen-bond acceptors (Lipinski definition) is 4. The Labute approximate surface area is 200 Å². The lowest BCUT2D eigenvalue weighted by atomic mass is 9.94. The van der Waals surface area contributed by atoms with Crippen LogP contribution < -0.4 is 5.32 Å². The van der Waals surface area contributed by atoms with Crippen LogP contribution >= 0.6 is 0 Å². The second kappa shape index (κ2) is 10.3. The van der Waals surface area contributed by atoms with Gasteiger partial charge in [-0.25, -0.2) is 9.59 Å². The number of benzene rings is 2. The van der Waals surface area contributed by atoms with Gasteiger partial charge in [0.2, 0.25) is 5.91 Å². The number of hydrogen-bond donors (Lipinski definition) is 2. The van der Waals surface area contributed by atoms with Crippen LogP contribution in [0.5, 0.6) is 0 Å². The summed E-state index contributed by atoms with van der Waals surface area (Å²) in [5.74, 6) is -1.47. The summed E-state index contributed by atoms with van der Waals surface area (Å²) in [6.45, 7) is 2.34.